The molecule has 2 fully saturated rings. The Morgan fingerprint density at radius 3 is 2.58 bits per heavy atom. The average molecular weight is 368 g/mol. The van der Waals surface area contributed by atoms with Gasteiger partial charge in [-0.2, -0.15) is 0 Å². The van der Waals surface area contributed by atoms with E-state index in [0.717, 1.165) is 24.4 Å². The molecule has 1 N–H and O–H groups in total. The number of nitrogens with zero attached hydrogens (tertiary/aromatic N) is 4. The normalized spacial score (nSPS) is 28.0. The van der Waals surface area contributed by atoms with E-state index in [9.17, 15) is 0 Å². The summed E-state index contributed by atoms with van der Waals surface area (Å²) in [7, 11) is 0. The van der Waals surface area contributed by atoms with Gasteiger partial charge >= 0.3 is 0 Å². The molecule has 4 rings (SSSR count). The van der Waals surface area contributed by atoms with Crippen LogP contribution >= 0.6 is 23.2 Å². The van der Waals surface area contributed by atoms with Crippen LogP contribution in [-0.2, 0) is 0 Å². The summed E-state index contributed by atoms with van der Waals surface area (Å²) in [5.74, 6) is 1.62. The van der Waals surface area contributed by atoms with Crippen molar-refractivity contribution in [2.45, 2.75) is 56.8 Å². The first-order valence-corrected chi connectivity index (χ1v) is 9.00. The Hall–Kier alpha value is -1.37. The quantitative estimate of drug-likeness (QED) is 0.893. The highest BCUT2D eigenvalue weighted by molar-refractivity contribution is 6.42. The van der Waals surface area contributed by atoms with E-state index >= 15 is 0 Å². The molecule has 0 amide bonds. The van der Waals surface area contributed by atoms with Crippen LogP contribution in [0.25, 0.3) is 0 Å². The van der Waals surface area contributed by atoms with E-state index in [-0.39, 0.29) is 12.1 Å². The minimum atomic E-state index is 0.198. The summed E-state index contributed by atoms with van der Waals surface area (Å²) < 4.78 is 6.17. The molecule has 2 aliphatic rings. The van der Waals surface area contributed by atoms with E-state index in [2.05, 4.69) is 32.4 Å². The lowest BCUT2D eigenvalue weighted by atomic mass is 9.97. The van der Waals surface area contributed by atoms with Gasteiger partial charge < -0.3 is 4.74 Å². The van der Waals surface area contributed by atoms with Crippen LogP contribution in [0.15, 0.2) is 18.2 Å². The fourth-order valence-electron chi connectivity index (χ4n) is 4.12. The Labute approximate surface area is 150 Å². The predicted octanol–water partition coefficient (Wildman–Crippen LogP) is 3.64. The minimum absolute atomic E-state index is 0.198. The van der Waals surface area contributed by atoms with E-state index in [1.165, 1.54) is 12.8 Å². The zero-order valence-electron chi connectivity index (χ0n) is 13.3. The van der Waals surface area contributed by atoms with Crippen molar-refractivity contribution in [1.82, 2.24) is 25.5 Å². The van der Waals surface area contributed by atoms with Gasteiger partial charge in [-0.15, -0.1) is 5.10 Å². The Balaban J connectivity index is 1.45. The zero-order chi connectivity index (χ0) is 16.7. The second-order valence-corrected chi connectivity index (χ2v) is 7.40. The Morgan fingerprint density at radius 2 is 1.96 bits per heavy atom. The number of rotatable bonds is 4. The van der Waals surface area contributed by atoms with Crippen LogP contribution in [0.1, 0.15) is 44.5 Å². The van der Waals surface area contributed by atoms with Crippen LogP contribution in [0.2, 0.25) is 10.0 Å². The molecule has 3 atom stereocenters. The number of aromatic nitrogens is 4. The van der Waals surface area contributed by atoms with E-state index in [1.807, 2.05) is 6.07 Å². The van der Waals surface area contributed by atoms with E-state index in [1.54, 1.807) is 12.1 Å². The molecule has 3 heterocycles. The van der Waals surface area contributed by atoms with Crippen molar-refractivity contribution >= 4 is 23.2 Å². The highest BCUT2D eigenvalue weighted by atomic mass is 35.5. The summed E-state index contributed by atoms with van der Waals surface area (Å²) in [5.41, 5.74) is 0. The third-order valence-electron chi connectivity index (χ3n) is 5.14. The number of nitrogens with one attached hydrogen (secondary N) is 1. The topological polar surface area (TPSA) is 66.9 Å². The van der Waals surface area contributed by atoms with Gasteiger partial charge in [0, 0.05) is 18.2 Å². The van der Waals surface area contributed by atoms with Crippen molar-refractivity contribution in [3.8, 4) is 5.75 Å². The number of aromatic amines is 1. The van der Waals surface area contributed by atoms with Crippen molar-refractivity contribution < 1.29 is 4.74 Å². The van der Waals surface area contributed by atoms with Crippen LogP contribution in [0.4, 0.5) is 0 Å². The summed E-state index contributed by atoms with van der Waals surface area (Å²) in [6, 6.07) is 6.64. The van der Waals surface area contributed by atoms with Crippen molar-refractivity contribution in [3.05, 3.63) is 34.1 Å². The summed E-state index contributed by atoms with van der Waals surface area (Å²) >= 11 is 12.0. The van der Waals surface area contributed by atoms with Crippen molar-refractivity contribution in [2.75, 3.05) is 0 Å². The van der Waals surface area contributed by atoms with Gasteiger partial charge in [0.25, 0.3) is 0 Å². The maximum Gasteiger partial charge on any atom is 0.165 e. The van der Waals surface area contributed by atoms with Gasteiger partial charge in [-0.25, -0.2) is 5.10 Å². The minimum Gasteiger partial charge on any atom is -0.490 e. The van der Waals surface area contributed by atoms with Crippen LogP contribution < -0.4 is 4.74 Å². The van der Waals surface area contributed by atoms with Crippen LogP contribution in [-0.4, -0.2) is 43.7 Å². The zero-order valence-corrected chi connectivity index (χ0v) is 14.8. The number of hydrogen-bond acceptors (Lipinski definition) is 5. The van der Waals surface area contributed by atoms with Gasteiger partial charge in [-0.05, 0) is 55.2 Å². The number of halogens is 2. The fraction of sp³-hybridized carbons (Fsp3) is 0.562. The number of ether oxygens (including phenoxy) is 1. The third kappa shape index (κ3) is 2.98. The second kappa shape index (κ2) is 6.50. The van der Waals surface area contributed by atoms with Crippen LogP contribution in [0, 0.1) is 0 Å². The SMILES string of the molecule is CC(c1nnn[nH]1)N1C2CCC1CC(Oc1ccc(Cl)c(Cl)c1)C2. The molecule has 0 spiro atoms. The van der Waals surface area contributed by atoms with E-state index < -0.39 is 0 Å². The number of tetrazole rings is 1. The highest BCUT2D eigenvalue weighted by Gasteiger charge is 2.44. The number of fused-ring (bicyclic) bond motifs is 2. The summed E-state index contributed by atoms with van der Waals surface area (Å²) in [5, 5.41) is 15.4. The molecule has 128 valence electrons. The van der Waals surface area contributed by atoms with Crippen molar-refractivity contribution in [2.24, 2.45) is 0 Å². The number of benzene rings is 1. The number of hydrogen-bond donors (Lipinski definition) is 1. The Morgan fingerprint density at radius 1 is 1.21 bits per heavy atom. The van der Waals surface area contributed by atoms with Gasteiger partial charge in [0.2, 0.25) is 0 Å². The predicted molar refractivity (Wildman–Crippen MR) is 91.4 cm³/mol. The molecule has 3 unspecified atom stereocenters. The molecule has 24 heavy (non-hydrogen) atoms. The molecule has 0 aliphatic carbocycles. The molecule has 1 aromatic carbocycles. The third-order valence-corrected chi connectivity index (χ3v) is 5.88. The second-order valence-electron chi connectivity index (χ2n) is 6.58. The lowest BCUT2D eigenvalue weighted by Gasteiger charge is -2.41. The van der Waals surface area contributed by atoms with E-state index in [4.69, 9.17) is 27.9 Å². The van der Waals surface area contributed by atoms with Crippen LogP contribution in [0.3, 0.4) is 0 Å². The standard InChI is InChI=1S/C16H19Cl2N5O/c1-9(16-19-21-22-20-16)23-10-2-3-11(23)7-13(6-10)24-12-4-5-14(17)15(18)8-12/h4-5,8-11,13H,2-3,6-7H2,1H3,(H,19,20,21,22). The molecule has 0 saturated carbocycles. The monoisotopic (exact) mass is 367 g/mol. The molecule has 1 aromatic heterocycles. The lowest BCUT2D eigenvalue weighted by molar-refractivity contribution is 0.0232. The van der Waals surface area contributed by atoms with Gasteiger partial charge in [-0.3, -0.25) is 4.90 Å². The summed E-state index contributed by atoms with van der Waals surface area (Å²) in [6.07, 6.45) is 4.59. The fourth-order valence-corrected chi connectivity index (χ4v) is 4.41. The van der Waals surface area contributed by atoms with Crippen molar-refractivity contribution in [3.63, 3.8) is 0 Å². The molecule has 2 aromatic rings. The molecular formula is C16H19Cl2N5O. The van der Waals surface area contributed by atoms with Crippen molar-refractivity contribution in [1.29, 1.82) is 0 Å². The molecular weight excluding hydrogens is 349 g/mol. The first kappa shape index (κ1) is 16.1. The largest absolute Gasteiger partial charge is 0.490 e. The maximum absolute atomic E-state index is 6.17. The smallest absolute Gasteiger partial charge is 0.165 e. The Kier molecular flexibility index (Phi) is 4.37. The molecule has 2 saturated heterocycles. The number of piperidine rings is 1. The van der Waals surface area contributed by atoms with Gasteiger partial charge in [0.1, 0.15) is 11.9 Å². The van der Waals surface area contributed by atoms with Gasteiger partial charge in [0.15, 0.2) is 5.82 Å². The first-order valence-electron chi connectivity index (χ1n) is 8.24. The molecule has 0 radical (unpaired) electrons. The summed E-state index contributed by atoms with van der Waals surface area (Å²) in [6.45, 7) is 2.16. The molecule has 6 nitrogen and oxygen atoms in total. The van der Waals surface area contributed by atoms with E-state index in [0.29, 0.717) is 22.1 Å². The molecule has 2 bridgehead atoms. The van der Waals surface area contributed by atoms with Crippen LogP contribution in [0.5, 0.6) is 5.75 Å². The van der Waals surface area contributed by atoms with Gasteiger partial charge in [0.05, 0.1) is 16.1 Å². The number of H-pyrrole nitrogens is 1. The first-order chi connectivity index (χ1) is 11.6. The molecule has 2 aliphatic heterocycles. The summed E-state index contributed by atoms with van der Waals surface area (Å²) in [4.78, 5) is 2.54. The maximum atomic E-state index is 6.17. The average Bonchev–Trinajstić information content (AvgIpc) is 3.18. The van der Waals surface area contributed by atoms with Gasteiger partial charge in [-0.1, -0.05) is 23.2 Å². The lowest BCUT2D eigenvalue weighted by Crippen LogP contribution is -2.47. The Bertz CT molecular complexity index is 696. The highest BCUT2D eigenvalue weighted by Crippen LogP contribution is 2.42. The molecule has 8 heteroatoms.